The van der Waals surface area contributed by atoms with Crippen molar-refractivity contribution in [1.82, 2.24) is 9.03 Å². The highest BCUT2D eigenvalue weighted by Gasteiger charge is 2.19. The Morgan fingerprint density at radius 2 is 2.00 bits per heavy atom. The van der Waals surface area contributed by atoms with Crippen molar-refractivity contribution >= 4 is 16.3 Å². The normalized spacial score (nSPS) is 11.5. The zero-order valence-corrected chi connectivity index (χ0v) is 10.3. The molecular formula is C8H18N2O5S. The van der Waals surface area contributed by atoms with E-state index in [9.17, 15) is 13.2 Å². The first-order valence-corrected chi connectivity index (χ1v) is 6.31. The lowest BCUT2D eigenvalue weighted by Crippen LogP contribution is -2.41. The summed E-state index contributed by atoms with van der Waals surface area (Å²) >= 11 is 0. The molecule has 7 nitrogen and oxygen atoms in total. The number of amides is 1. The Hall–Kier alpha value is -0.860. The topological polar surface area (TPSA) is 95.9 Å². The van der Waals surface area contributed by atoms with E-state index < -0.39 is 16.3 Å². The maximum absolute atomic E-state index is 11.4. The van der Waals surface area contributed by atoms with Crippen LogP contribution in [0.25, 0.3) is 0 Å². The van der Waals surface area contributed by atoms with E-state index in [1.54, 1.807) is 4.72 Å². The van der Waals surface area contributed by atoms with Gasteiger partial charge in [-0.3, -0.25) is 0 Å². The lowest BCUT2D eigenvalue weighted by molar-refractivity contribution is 0.177. The molecule has 1 amide bonds. The van der Waals surface area contributed by atoms with Crippen LogP contribution in [0.15, 0.2) is 0 Å². The predicted octanol–water partition coefficient (Wildman–Crippen LogP) is -0.318. The molecule has 0 radical (unpaired) electrons. The largest absolute Gasteiger partial charge is 0.452 e. The van der Waals surface area contributed by atoms with Gasteiger partial charge in [-0.1, -0.05) is 0 Å². The van der Waals surface area contributed by atoms with E-state index in [1.807, 2.05) is 0 Å². The van der Waals surface area contributed by atoms with Crippen molar-refractivity contribution in [2.24, 2.45) is 0 Å². The van der Waals surface area contributed by atoms with E-state index in [4.69, 9.17) is 5.11 Å². The fraction of sp³-hybridized carbons (Fsp3) is 0.875. The molecule has 0 bridgehead atoms. The molecule has 0 aromatic carbocycles. The molecule has 16 heavy (non-hydrogen) atoms. The molecule has 0 aromatic rings. The number of carbonyl (C=O) groups excluding carboxylic acids is 1. The fourth-order valence-corrected chi connectivity index (χ4v) is 1.79. The van der Waals surface area contributed by atoms with Crippen LogP contribution in [-0.4, -0.2) is 51.2 Å². The fourth-order valence-electron chi connectivity index (χ4n) is 0.968. The summed E-state index contributed by atoms with van der Waals surface area (Å²) < 4.78 is 29.8. The highest BCUT2D eigenvalue weighted by Crippen LogP contribution is 2.00. The second-order valence-electron chi connectivity index (χ2n) is 3.20. The Labute approximate surface area is 95.6 Å². The van der Waals surface area contributed by atoms with Crippen molar-refractivity contribution in [3.05, 3.63) is 0 Å². The molecule has 0 spiro atoms. The van der Waals surface area contributed by atoms with Gasteiger partial charge in [0.2, 0.25) is 0 Å². The Morgan fingerprint density at radius 1 is 1.38 bits per heavy atom. The van der Waals surface area contributed by atoms with Crippen molar-refractivity contribution < 1.29 is 23.1 Å². The van der Waals surface area contributed by atoms with Gasteiger partial charge in [-0.05, 0) is 19.3 Å². The molecule has 0 aromatic heterocycles. The van der Waals surface area contributed by atoms with E-state index in [2.05, 4.69) is 4.74 Å². The summed E-state index contributed by atoms with van der Waals surface area (Å²) in [5, 5.41) is 8.54. The molecular weight excluding hydrogens is 236 g/mol. The minimum absolute atomic E-state index is 0.0941. The highest BCUT2D eigenvalue weighted by molar-refractivity contribution is 7.87. The van der Waals surface area contributed by atoms with Crippen LogP contribution in [0.3, 0.4) is 0 Å². The Balaban J connectivity index is 4.05. The molecule has 0 rings (SSSR count). The van der Waals surface area contributed by atoms with Gasteiger partial charge in [0.1, 0.15) is 0 Å². The minimum atomic E-state index is -3.81. The maximum atomic E-state index is 11.4. The summed E-state index contributed by atoms with van der Waals surface area (Å²) in [6, 6.07) is 0. The molecule has 2 N–H and O–H groups in total. The zero-order valence-electron chi connectivity index (χ0n) is 9.47. The first kappa shape index (κ1) is 15.1. The second kappa shape index (κ2) is 7.42. The second-order valence-corrected chi connectivity index (χ2v) is 4.98. The number of nitrogens with zero attached hydrogens (tertiary/aromatic N) is 1. The number of methoxy groups -OCH3 is 1. The lowest BCUT2D eigenvalue weighted by Gasteiger charge is -2.16. The van der Waals surface area contributed by atoms with Crippen LogP contribution >= 0.6 is 0 Å². The van der Waals surface area contributed by atoms with Gasteiger partial charge < -0.3 is 9.84 Å². The van der Waals surface area contributed by atoms with Crippen LogP contribution in [0.4, 0.5) is 4.79 Å². The molecule has 0 aliphatic carbocycles. The van der Waals surface area contributed by atoms with E-state index >= 15 is 0 Å². The number of aliphatic hydroxyl groups excluding tert-OH is 1. The molecule has 96 valence electrons. The molecule has 0 aliphatic rings. The number of hydrogen-bond donors (Lipinski definition) is 2. The lowest BCUT2D eigenvalue weighted by atomic mass is 10.2. The summed E-state index contributed by atoms with van der Waals surface area (Å²) in [7, 11) is -1.36. The third kappa shape index (κ3) is 5.89. The zero-order chi connectivity index (χ0) is 12.6. The van der Waals surface area contributed by atoms with Gasteiger partial charge in [-0.25, -0.2) is 9.52 Å². The maximum Gasteiger partial charge on any atom is 0.421 e. The van der Waals surface area contributed by atoms with Gasteiger partial charge >= 0.3 is 16.3 Å². The third-order valence-corrected chi connectivity index (χ3v) is 3.37. The average Bonchev–Trinajstić information content (AvgIpc) is 2.23. The quantitative estimate of drug-likeness (QED) is 0.607. The summed E-state index contributed by atoms with van der Waals surface area (Å²) in [4.78, 5) is 10.7. The Kier molecular flexibility index (Phi) is 7.02. The van der Waals surface area contributed by atoms with E-state index in [-0.39, 0.29) is 13.2 Å². The number of ether oxygens (including phenoxy) is 1. The summed E-state index contributed by atoms with van der Waals surface area (Å²) in [6.45, 7) is 0.378. The molecule has 0 saturated heterocycles. The van der Waals surface area contributed by atoms with Crippen molar-refractivity contribution in [3.63, 3.8) is 0 Å². The van der Waals surface area contributed by atoms with Crippen LogP contribution in [0.2, 0.25) is 0 Å². The van der Waals surface area contributed by atoms with Crippen LogP contribution in [0.5, 0.6) is 0 Å². The smallest absolute Gasteiger partial charge is 0.421 e. The van der Waals surface area contributed by atoms with Crippen LogP contribution in [-0.2, 0) is 14.9 Å². The highest BCUT2D eigenvalue weighted by atomic mass is 32.2. The van der Waals surface area contributed by atoms with Gasteiger partial charge in [0.15, 0.2) is 0 Å². The van der Waals surface area contributed by atoms with Gasteiger partial charge in [0.25, 0.3) is 0 Å². The molecule has 0 aliphatic heterocycles. The number of aliphatic hydroxyl groups is 1. The molecule has 0 fully saturated rings. The first-order chi connectivity index (χ1) is 7.44. The van der Waals surface area contributed by atoms with Gasteiger partial charge in [-0.15, -0.1) is 0 Å². The Morgan fingerprint density at radius 3 is 2.50 bits per heavy atom. The van der Waals surface area contributed by atoms with Gasteiger partial charge in [0.05, 0.1) is 7.11 Å². The Bertz CT molecular complexity index is 304. The number of rotatable bonds is 7. The number of nitrogens with one attached hydrogen (secondary N) is 1. The molecule has 0 heterocycles. The van der Waals surface area contributed by atoms with E-state index in [0.29, 0.717) is 12.8 Å². The molecule has 0 unspecified atom stereocenters. The molecule has 0 saturated carbocycles. The van der Waals surface area contributed by atoms with E-state index in [0.717, 1.165) is 17.8 Å². The van der Waals surface area contributed by atoms with Crippen molar-refractivity contribution in [1.29, 1.82) is 0 Å². The van der Waals surface area contributed by atoms with Gasteiger partial charge in [0, 0.05) is 20.2 Å². The SMILES string of the molecule is COC(=O)NS(=O)(=O)N(C)CCCCCO. The monoisotopic (exact) mass is 254 g/mol. The molecule has 8 heteroatoms. The van der Waals surface area contributed by atoms with Crippen LogP contribution < -0.4 is 4.72 Å². The number of hydrogen-bond acceptors (Lipinski definition) is 5. The average molecular weight is 254 g/mol. The summed E-state index contributed by atoms with van der Waals surface area (Å²) in [5.74, 6) is 0. The van der Waals surface area contributed by atoms with Crippen molar-refractivity contribution in [3.8, 4) is 0 Å². The van der Waals surface area contributed by atoms with Gasteiger partial charge in [-0.2, -0.15) is 12.7 Å². The summed E-state index contributed by atoms with van der Waals surface area (Å²) in [6.07, 6.45) is 0.980. The summed E-state index contributed by atoms with van der Waals surface area (Å²) in [5.41, 5.74) is 0. The van der Waals surface area contributed by atoms with Crippen molar-refractivity contribution in [2.45, 2.75) is 19.3 Å². The van der Waals surface area contributed by atoms with Crippen molar-refractivity contribution in [2.75, 3.05) is 27.3 Å². The van der Waals surface area contributed by atoms with Crippen LogP contribution in [0, 0.1) is 0 Å². The van der Waals surface area contributed by atoms with E-state index in [1.165, 1.54) is 7.05 Å². The first-order valence-electron chi connectivity index (χ1n) is 4.87. The number of unbranched alkanes of at least 4 members (excludes halogenated alkanes) is 2. The van der Waals surface area contributed by atoms with Crippen LogP contribution in [0.1, 0.15) is 19.3 Å². The molecule has 0 atom stereocenters. The predicted molar refractivity (Wildman–Crippen MR) is 58.0 cm³/mol. The minimum Gasteiger partial charge on any atom is -0.452 e. The number of carbonyl (C=O) groups is 1. The third-order valence-electron chi connectivity index (χ3n) is 1.94. The standard InChI is InChI=1S/C8H18N2O5S/c1-10(6-4-3-5-7-11)16(13,14)9-8(12)15-2/h11H,3-7H2,1-2H3,(H,9,12).